The van der Waals surface area contributed by atoms with Crippen molar-refractivity contribution in [1.29, 1.82) is 5.26 Å². The number of nitrogens with zero attached hydrogens (tertiary/aromatic N) is 4. The number of aromatic nitrogens is 3. The highest BCUT2D eigenvalue weighted by Crippen LogP contribution is 2.36. The van der Waals surface area contributed by atoms with E-state index in [2.05, 4.69) is 15.2 Å². The van der Waals surface area contributed by atoms with Crippen molar-refractivity contribution in [2.45, 2.75) is 20.3 Å². The molecule has 0 radical (unpaired) electrons. The summed E-state index contributed by atoms with van der Waals surface area (Å²) >= 11 is 13.6. The van der Waals surface area contributed by atoms with E-state index in [4.69, 9.17) is 37.6 Å². The van der Waals surface area contributed by atoms with Crippen molar-refractivity contribution in [3.05, 3.63) is 73.9 Å². The number of hydrogen-bond donors (Lipinski definition) is 0. The summed E-state index contributed by atoms with van der Waals surface area (Å²) in [6.07, 6.45) is 0.0438. The molecule has 4 aromatic rings. The molecule has 0 bridgehead atoms. The van der Waals surface area contributed by atoms with Crippen molar-refractivity contribution < 1.29 is 13.5 Å². The van der Waals surface area contributed by atoms with E-state index in [1.54, 1.807) is 0 Å². The van der Waals surface area contributed by atoms with Crippen LogP contribution in [0, 0.1) is 31.0 Å². The Morgan fingerprint density at radius 2 is 2.00 bits per heavy atom. The average Bonchev–Trinajstić information content (AvgIpc) is 3.32. The molecular formula is C21H13Cl2FN4O2S. The van der Waals surface area contributed by atoms with Crippen molar-refractivity contribution in [2.24, 2.45) is 0 Å². The minimum Gasteiger partial charge on any atom is -0.453 e. The summed E-state index contributed by atoms with van der Waals surface area (Å²) in [5, 5.41) is 18.4. The molecule has 0 atom stereocenters. The van der Waals surface area contributed by atoms with E-state index in [0.29, 0.717) is 5.89 Å². The predicted molar refractivity (Wildman–Crippen MR) is 115 cm³/mol. The Morgan fingerprint density at radius 1 is 1.19 bits per heavy atom. The SMILES string of the molecule is Cc1nc(C)c(-c2nnc(Cc3ccc(Cl)c(Oc4cc(Cl)cc(C#N)c4)c3F)o2)s1. The second-order valence-electron chi connectivity index (χ2n) is 6.56. The van der Waals surface area contributed by atoms with E-state index < -0.39 is 5.82 Å². The number of nitriles is 1. The maximum absolute atomic E-state index is 15.2. The first-order valence-electron chi connectivity index (χ1n) is 8.96. The third-order valence-electron chi connectivity index (χ3n) is 4.26. The Balaban J connectivity index is 1.62. The first kappa shape index (κ1) is 21.2. The van der Waals surface area contributed by atoms with Crippen LogP contribution < -0.4 is 4.74 Å². The quantitative estimate of drug-likeness (QED) is 0.327. The van der Waals surface area contributed by atoms with Gasteiger partial charge in [0.15, 0.2) is 11.6 Å². The lowest BCUT2D eigenvalue weighted by molar-refractivity contribution is 0.437. The number of aryl methyl sites for hydroxylation is 2. The van der Waals surface area contributed by atoms with Crippen LogP contribution in [0.5, 0.6) is 11.5 Å². The third-order valence-corrected chi connectivity index (χ3v) is 5.83. The number of halogens is 3. The molecule has 0 spiro atoms. The van der Waals surface area contributed by atoms with Crippen LogP contribution in [0.3, 0.4) is 0 Å². The van der Waals surface area contributed by atoms with Crippen molar-refractivity contribution in [1.82, 2.24) is 15.2 Å². The molecule has 0 fully saturated rings. The molecule has 2 aromatic carbocycles. The Kier molecular flexibility index (Phi) is 5.92. The summed E-state index contributed by atoms with van der Waals surface area (Å²) in [7, 11) is 0. The van der Waals surface area contributed by atoms with E-state index in [1.165, 1.54) is 41.7 Å². The molecule has 0 aliphatic heterocycles. The molecule has 2 heterocycles. The van der Waals surface area contributed by atoms with Gasteiger partial charge in [0.25, 0.3) is 5.89 Å². The standard InChI is InChI=1S/C21H13Cl2FN4O2S/c1-10-20(31-11(2)26-10)21-28-27-17(30-21)7-13-3-4-16(23)19(18(13)24)29-15-6-12(9-25)5-14(22)8-15/h3-6,8H,7H2,1-2H3. The maximum atomic E-state index is 15.2. The van der Waals surface area contributed by atoms with Crippen LogP contribution >= 0.6 is 34.5 Å². The Labute approximate surface area is 190 Å². The zero-order valence-corrected chi connectivity index (χ0v) is 18.6. The number of ether oxygens (including phenoxy) is 1. The number of hydrogen-bond acceptors (Lipinski definition) is 7. The van der Waals surface area contributed by atoms with Gasteiger partial charge in [-0.25, -0.2) is 9.37 Å². The first-order chi connectivity index (χ1) is 14.8. The van der Waals surface area contributed by atoms with Crippen LogP contribution in [0.2, 0.25) is 10.0 Å². The minimum atomic E-state index is -0.671. The van der Waals surface area contributed by atoms with E-state index in [-0.39, 0.29) is 45.0 Å². The van der Waals surface area contributed by atoms with E-state index in [9.17, 15) is 0 Å². The van der Waals surface area contributed by atoms with Gasteiger partial charge in [0.05, 0.1) is 33.8 Å². The molecule has 0 unspecified atom stereocenters. The van der Waals surface area contributed by atoms with Gasteiger partial charge in [-0.15, -0.1) is 21.5 Å². The fourth-order valence-electron chi connectivity index (χ4n) is 2.92. The molecule has 10 heteroatoms. The topological polar surface area (TPSA) is 84.8 Å². The number of thiazole rings is 1. The molecule has 4 rings (SSSR count). The molecule has 6 nitrogen and oxygen atoms in total. The Morgan fingerprint density at radius 3 is 2.71 bits per heavy atom. The molecule has 0 saturated heterocycles. The average molecular weight is 475 g/mol. The molecule has 156 valence electrons. The monoisotopic (exact) mass is 474 g/mol. The predicted octanol–water partition coefficient (Wildman–Crippen LogP) is 6.51. The fraction of sp³-hybridized carbons (Fsp3) is 0.143. The summed E-state index contributed by atoms with van der Waals surface area (Å²) in [5.74, 6) is -0.0818. The van der Waals surface area contributed by atoms with Crippen molar-refractivity contribution in [3.63, 3.8) is 0 Å². The third kappa shape index (κ3) is 4.54. The fourth-order valence-corrected chi connectivity index (χ4v) is 4.17. The van der Waals surface area contributed by atoms with Crippen LogP contribution in [0.4, 0.5) is 4.39 Å². The summed E-state index contributed by atoms with van der Waals surface area (Å²) in [5.41, 5.74) is 1.33. The molecule has 0 amide bonds. The zero-order chi connectivity index (χ0) is 22.1. The van der Waals surface area contributed by atoms with Crippen molar-refractivity contribution >= 4 is 34.5 Å². The molecule has 31 heavy (non-hydrogen) atoms. The van der Waals surface area contributed by atoms with Gasteiger partial charge in [0.1, 0.15) is 10.6 Å². The summed E-state index contributed by atoms with van der Waals surface area (Å²) in [6.45, 7) is 3.75. The Bertz CT molecular complexity index is 1330. The van der Waals surface area contributed by atoms with E-state index in [1.807, 2.05) is 19.9 Å². The van der Waals surface area contributed by atoms with E-state index in [0.717, 1.165) is 15.6 Å². The van der Waals surface area contributed by atoms with Crippen LogP contribution in [0.25, 0.3) is 10.8 Å². The number of rotatable bonds is 5. The molecule has 0 aliphatic carbocycles. The van der Waals surface area contributed by atoms with Gasteiger partial charge in [-0.2, -0.15) is 5.26 Å². The summed E-state index contributed by atoms with van der Waals surface area (Å²) in [4.78, 5) is 5.13. The summed E-state index contributed by atoms with van der Waals surface area (Å²) < 4.78 is 26.5. The second-order valence-corrected chi connectivity index (χ2v) is 8.61. The van der Waals surface area contributed by atoms with Crippen molar-refractivity contribution in [2.75, 3.05) is 0 Å². The van der Waals surface area contributed by atoms with Gasteiger partial charge in [0, 0.05) is 10.6 Å². The summed E-state index contributed by atoms with van der Waals surface area (Å²) in [6, 6.07) is 9.39. The van der Waals surface area contributed by atoms with Crippen molar-refractivity contribution in [3.8, 4) is 28.3 Å². The van der Waals surface area contributed by atoms with Crippen LogP contribution in [-0.2, 0) is 6.42 Å². The van der Waals surface area contributed by atoms with Crippen LogP contribution in [0.1, 0.15) is 27.7 Å². The van der Waals surface area contributed by atoms with E-state index >= 15 is 4.39 Å². The van der Waals surface area contributed by atoms with Gasteiger partial charge in [0.2, 0.25) is 5.89 Å². The zero-order valence-electron chi connectivity index (χ0n) is 16.2. The van der Waals surface area contributed by atoms with Gasteiger partial charge in [-0.3, -0.25) is 0 Å². The Hall–Kier alpha value is -2.99. The lowest BCUT2D eigenvalue weighted by atomic mass is 10.1. The van der Waals surface area contributed by atoms with Gasteiger partial charge in [-0.05, 0) is 38.1 Å². The maximum Gasteiger partial charge on any atom is 0.259 e. The van der Waals surface area contributed by atoms with Crippen LogP contribution in [-0.4, -0.2) is 15.2 Å². The van der Waals surface area contributed by atoms with Gasteiger partial charge in [-0.1, -0.05) is 29.3 Å². The molecule has 0 N–H and O–H groups in total. The highest BCUT2D eigenvalue weighted by Gasteiger charge is 2.19. The smallest absolute Gasteiger partial charge is 0.259 e. The molecule has 0 saturated carbocycles. The van der Waals surface area contributed by atoms with Gasteiger partial charge >= 0.3 is 0 Å². The first-order valence-corrected chi connectivity index (χ1v) is 10.5. The lowest BCUT2D eigenvalue weighted by Crippen LogP contribution is -1.98. The second kappa shape index (κ2) is 8.63. The highest BCUT2D eigenvalue weighted by molar-refractivity contribution is 7.15. The minimum absolute atomic E-state index is 0.0438. The largest absolute Gasteiger partial charge is 0.453 e. The molecule has 0 aliphatic rings. The molecule has 2 aromatic heterocycles. The molecular weight excluding hydrogens is 462 g/mol. The van der Waals surface area contributed by atoms with Crippen LogP contribution in [0.15, 0.2) is 34.7 Å². The lowest BCUT2D eigenvalue weighted by Gasteiger charge is -2.11. The normalized spacial score (nSPS) is 10.8. The highest BCUT2D eigenvalue weighted by atomic mass is 35.5. The number of benzene rings is 2. The van der Waals surface area contributed by atoms with Gasteiger partial charge < -0.3 is 9.15 Å².